The molecule has 2 atom stereocenters. The number of hydrogen-bond acceptors (Lipinski definition) is 4. The maximum atomic E-state index is 12.9. The summed E-state index contributed by atoms with van der Waals surface area (Å²) in [6, 6.07) is 6.13. The number of ether oxygens (including phenoxy) is 1. The first-order chi connectivity index (χ1) is 14.0. The van der Waals surface area contributed by atoms with Gasteiger partial charge in [0.2, 0.25) is 0 Å². The number of aryl methyl sites for hydroxylation is 1. The molecule has 1 aromatic heterocycles. The molecule has 2 N–H and O–H groups in total. The first-order valence-corrected chi connectivity index (χ1v) is 10.3. The molecule has 156 valence electrons. The molecule has 3 heterocycles. The first-order valence-electron chi connectivity index (χ1n) is 10.3. The van der Waals surface area contributed by atoms with Gasteiger partial charge in [0, 0.05) is 39.0 Å². The highest BCUT2D eigenvalue weighted by molar-refractivity contribution is 5.76. The van der Waals surface area contributed by atoms with Gasteiger partial charge in [-0.2, -0.15) is 0 Å². The molecule has 0 saturated carbocycles. The van der Waals surface area contributed by atoms with Gasteiger partial charge >= 0.3 is 12.0 Å². The monoisotopic (exact) mass is 400 g/mol. The van der Waals surface area contributed by atoms with Crippen LogP contribution >= 0.6 is 0 Å². The van der Waals surface area contributed by atoms with E-state index in [0.717, 1.165) is 22.4 Å². The number of nitrogens with one attached hydrogen (secondary N) is 1. The number of likely N-dealkylation sites (tertiary alicyclic amines) is 1. The normalized spacial score (nSPS) is 22.8. The minimum absolute atomic E-state index is 0.0345. The molecule has 2 saturated heterocycles. The number of nitrogens with zero attached hydrogens (tertiary/aromatic N) is 3. The van der Waals surface area contributed by atoms with Crippen molar-refractivity contribution in [2.24, 2.45) is 11.8 Å². The number of urea groups is 1. The Morgan fingerprint density at radius 2 is 2.00 bits per heavy atom. The molecule has 2 aliphatic rings. The second kappa shape index (κ2) is 8.41. The van der Waals surface area contributed by atoms with Crippen LogP contribution in [0.15, 0.2) is 18.2 Å². The Bertz CT molecular complexity index is 890. The van der Waals surface area contributed by atoms with Gasteiger partial charge in [-0.15, -0.1) is 0 Å². The predicted molar refractivity (Wildman–Crippen MR) is 108 cm³/mol. The van der Waals surface area contributed by atoms with Gasteiger partial charge in [0.1, 0.15) is 5.82 Å². The summed E-state index contributed by atoms with van der Waals surface area (Å²) >= 11 is 0. The van der Waals surface area contributed by atoms with Gasteiger partial charge in [-0.3, -0.25) is 4.79 Å². The molecule has 2 aromatic rings. The zero-order valence-electron chi connectivity index (χ0n) is 16.8. The molecular weight excluding hydrogens is 372 g/mol. The summed E-state index contributed by atoms with van der Waals surface area (Å²) in [5, 5.41) is 9.35. The van der Waals surface area contributed by atoms with Crippen molar-refractivity contribution in [3.8, 4) is 0 Å². The lowest BCUT2D eigenvalue weighted by atomic mass is 9.81. The lowest BCUT2D eigenvalue weighted by Crippen LogP contribution is -2.52. The number of rotatable bonds is 4. The number of carbonyl (C=O) groups excluding carboxylic acids is 1. The highest BCUT2D eigenvalue weighted by Gasteiger charge is 2.35. The number of carboxylic acids is 1. The predicted octanol–water partition coefficient (Wildman–Crippen LogP) is 2.28. The van der Waals surface area contributed by atoms with E-state index in [2.05, 4.69) is 16.0 Å². The van der Waals surface area contributed by atoms with Gasteiger partial charge in [0.25, 0.3) is 0 Å². The van der Waals surface area contributed by atoms with Crippen LogP contribution in [0, 0.1) is 18.8 Å². The van der Waals surface area contributed by atoms with Crippen LogP contribution in [0.4, 0.5) is 4.79 Å². The molecule has 29 heavy (non-hydrogen) atoms. The van der Waals surface area contributed by atoms with E-state index in [9.17, 15) is 14.7 Å². The fourth-order valence-electron chi connectivity index (χ4n) is 4.45. The Labute approximate surface area is 169 Å². The van der Waals surface area contributed by atoms with Gasteiger partial charge in [-0.1, -0.05) is 6.07 Å². The number of benzene rings is 1. The van der Waals surface area contributed by atoms with Crippen LogP contribution < -0.4 is 0 Å². The minimum atomic E-state index is -0.784. The highest BCUT2D eigenvalue weighted by Crippen LogP contribution is 2.30. The van der Waals surface area contributed by atoms with Crippen molar-refractivity contribution in [1.82, 2.24) is 19.8 Å². The average Bonchev–Trinajstić information content (AvgIpc) is 3.10. The lowest BCUT2D eigenvalue weighted by molar-refractivity contribution is -0.139. The zero-order valence-corrected chi connectivity index (χ0v) is 16.8. The number of carboxylic acid groups (broad SMARTS) is 1. The van der Waals surface area contributed by atoms with Crippen molar-refractivity contribution in [2.45, 2.75) is 26.2 Å². The molecule has 2 fully saturated rings. The molecule has 0 radical (unpaired) electrons. The van der Waals surface area contributed by atoms with Crippen LogP contribution in [0.1, 0.15) is 24.2 Å². The third-order valence-electron chi connectivity index (χ3n) is 6.02. The fraction of sp³-hybridized carbons (Fsp3) is 0.571. The van der Waals surface area contributed by atoms with Crippen LogP contribution in [0.5, 0.6) is 0 Å². The summed E-state index contributed by atoms with van der Waals surface area (Å²) < 4.78 is 5.35. The molecule has 0 bridgehead atoms. The Morgan fingerprint density at radius 3 is 2.76 bits per heavy atom. The van der Waals surface area contributed by atoms with E-state index in [-0.39, 0.29) is 24.3 Å². The molecule has 2 aliphatic heterocycles. The van der Waals surface area contributed by atoms with Gasteiger partial charge in [-0.25, -0.2) is 9.78 Å². The van der Waals surface area contributed by atoms with Gasteiger partial charge < -0.3 is 24.6 Å². The van der Waals surface area contributed by atoms with Crippen molar-refractivity contribution in [1.29, 1.82) is 0 Å². The first kappa shape index (κ1) is 19.7. The number of morpholine rings is 1. The number of imidazole rings is 1. The fourth-order valence-corrected chi connectivity index (χ4v) is 4.45. The topological polar surface area (TPSA) is 98.8 Å². The van der Waals surface area contributed by atoms with Crippen LogP contribution in [0.25, 0.3) is 11.0 Å². The molecule has 4 rings (SSSR count). The van der Waals surface area contributed by atoms with Crippen molar-refractivity contribution in [3.63, 3.8) is 0 Å². The smallest absolute Gasteiger partial charge is 0.320 e. The van der Waals surface area contributed by atoms with Crippen molar-refractivity contribution < 1.29 is 19.4 Å². The molecule has 0 aliphatic carbocycles. The second-order valence-electron chi connectivity index (χ2n) is 8.14. The molecule has 2 amide bonds. The average molecular weight is 400 g/mol. The van der Waals surface area contributed by atoms with Gasteiger partial charge in [-0.05, 0) is 42.9 Å². The van der Waals surface area contributed by atoms with Crippen LogP contribution in [-0.2, 0) is 16.0 Å². The van der Waals surface area contributed by atoms with E-state index >= 15 is 0 Å². The minimum Gasteiger partial charge on any atom is -0.481 e. The summed E-state index contributed by atoms with van der Waals surface area (Å²) in [5.74, 6) is 0.169. The van der Waals surface area contributed by atoms with Crippen LogP contribution in [0.3, 0.4) is 0 Å². The van der Waals surface area contributed by atoms with E-state index in [4.69, 9.17) is 4.74 Å². The molecule has 8 nitrogen and oxygen atoms in total. The van der Waals surface area contributed by atoms with E-state index in [0.29, 0.717) is 52.2 Å². The number of piperidine rings is 1. The third kappa shape index (κ3) is 4.53. The number of H-pyrrole nitrogens is 1. The maximum absolute atomic E-state index is 12.9. The van der Waals surface area contributed by atoms with E-state index in [1.165, 1.54) is 0 Å². The molecule has 2 unspecified atom stereocenters. The van der Waals surface area contributed by atoms with E-state index in [1.807, 2.05) is 28.9 Å². The molecular formula is C21H28N4O4. The zero-order chi connectivity index (χ0) is 20.4. The Hall–Kier alpha value is -2.61. The number of amides is 2. The van der Waals surface area contributed by atoms with Gasteiger partial charge in [0.15, 0.2) is 0 Å². The SMILES string of the molecule is Cc1ccc2nc(CC3CN(C(=O)N4CCOCC4)CCC3CC(=O)O)[nH]c2c1. The quantitative estimate of drug-likeness (QED) is 0.820. The summed E-state index contributed by atoms with van der Waals surface area (Å²) in [5.41, 5.74) is 3.07. The summed E-state index contributed by atoms with van der Waals surface area (Å²) in [6.45, 7) is 5.57. The molecule has 1 aromatic carbocycles. The Morgan fingerprint density at radius 1 is 1.21 bits per heavy atom. The van der Waals surface area contributed by atoms with E-state index in [1.54, 1.807) is 0 Å². The number of aliphatic carboxylic acids is 1. The number of aromatic nitrogens is 2. The Balaban J connectivity index is 1.50. The summed E-state index contributed by atoms with van der Waals surface area (Å²) in [7, 11) is 0. The highest BCUT2D eigenvalue weighted by atomic mass is 16.5. The van der Waals surface area contributed by atoms with E-state index < -0.39 is 5.97 Å². The molecule has 8 heteroatoms. The number of carbonyl (C=O) groups is 2. The van der Waals surface area contributed by atoms with Crippen LogP contribution in [0.2, 0.25) is 0 Å². The summed E-state index contributed by atoms with van der Waals surface area (Å²) in [6.07, 6.45) is 1.47. The second-order valence-corrected chi connectivity index (χ2v) is 8.14. The van der Waals surface area contributed by atoms with Crippen LogP contribution in [-0.4, -0.2) is 76.3 Å². The maximum Gasteiger partial charge on any atom is 0.320 e. The van der Waals surface area contributed by atoms with Gasteiger partial charge in [0.05, 0.1) is 24.2 Å². The molecule has 0 spiro atoms. The number of fused-ring (bicyclic) bond motifs is 1. The Kier molecular flexibility index (Phi) is 5.71. The lowest BCUT2D eigenvalue weighted by Gasteiger charge is -2.40. The van der Waals surface area contributed by atoms with Crippen molar-refractivity contribution >= 4 is 23.0 Å². The summed E-state index contributed by atoms with van der Waals surface area (Å²) in [4.78, 5) is 36.1. The van der Waals surface area contributed by atoms with Crippen molar-refractivity contribution in [2.75, 3.05) is 39.4 Å². The third-order valence-corrected chi connectivity index (χ3v) is 6.02. The number of hydrogen-bond donors (Lipinski definition) is 2. The van der Waals surface area contributed by atoms with Crippen molar-refractivity contribution in [3.05, 3.63) is 29.6 Å². The largest absolute Gasteiger partial charge is 0.481 e. The number of aromatic amines is 1. The standard InChI is InChI=1S/C21H28N4O4/c1-14-2-3-17-18(10-14)23-19(22-17)11-16-13-25(5-4-15(16)12-20(26)27)21(28)24-6-8-29-9-7-24/h2-3,10,15-16H,4-9,11-13H2,1H3,(H,22,23)(H,26,27).